The van der Waals surface area contributed by atoms with Gasteiger partial charge in [-0.05, 0) is 49.1 Å². The molecule has 0 heterocycles. The minimum atomic E-state index is -0.225. The molecule has 1 aromatic carbocycles. The number of aliphatic hydroxyl groups is 1. The van der Waals surface area contributed by atoms with Gasteiger partial charge in [-0.3, -0.25) is 0 Å². The molecule has 15 heavy (non-hydrogen) atoms. The molecule has 0 aliphatic rings. The fourth-order valence-corrected chi connectivity index (χ4v) is 1.62. The Morgan fingerprint density at radius 1 is 1.27 bits per heavy atom. The van der Waals surface area contributed by atoms with Crippen molar-refractivity contribution in [2.24, 2.45) is 5.73 Å². The molecule has 3 nitrogen and oxygen atoms in total. The summed E-state index contributed by atoms with van der Waals surface area (Å²) in [5.74, 6) is 0.279. The van der Waals surface area contributed by atoms with Crippen molar-refractivity contribution < 1.29 is 10.2 Å². The first kappa shape index (κ1) is 14.2. The zero-order valence-corrected chi connectivity index (χ0v) is 9.84. The number of hydrogen-bond acceptors (Lipinski definition) is 3. The van der Waals surface area contributed by atoms with E-state index in [9.17, 15) is 5.11 Å². The molecule has 1 atom stereocenters. The van der Waals surface area contributed by atoms with Gasteiger partial charge in [0, 0.05) is 6.04 Å². The standard InChI is InChI=1S/C11H17NO2.ClH/c1-7-3-10(14)4-8(2)11(7)5-9(12)6-13;/h3-4,9,13-14H,5-6,12H2,1-2H3;1H. The van der Waals surface area contributed by atoms with Crippen LogP contribution in [-0.4, -0.2) is 22.9 Å². The Balaban J connectivity index is 0.00000196. The second-order valence-electron chi connectivity index (χ2n) is 3.70. The molecule has 1 aromatic rings. The third-order valence-electron chi connectivity index (χ3n) is 2.38. The van der Waals surface area contributed by atoms with Crippen LogP contribution >= 0.6 is 12.4 Å². The lowest BCUT2D eigenvalue weighted by atomic mass is 9.96. The lowest BCUT2D eigenvalue weighted by Gasteiger charge is -2.13. The van der Waals surface area contributed by atoms with Gasteiger partial charge in [-0.1, -0.05) is 0 Å². The predicted octanol–water partition coefficient (Wildman–Crippen LogP) is 1.29. The Morgan fingerprint density at radius 3 is 2.13 bits per heavy atom. The van der Waals surface area contributed by atoms with Crippen LogP contribution in [0.5, 0.6) is 5.75 Å². The van der Waals surface area contributed by atoms with Crippen molar-refractivity contribution >= 4 is 12.4 Å². The number of rotatable bonds is 3. The SMILES string of the molecule is Cc1cc(O)cc(C)c1CC(N)CO.Cl. The first-order valence-corrected chi connectivity index (χ1v) is 4.70. The van der Waals surface area contributed by atoms with Gasteiger partial charge in [0.05, 0.1) is 6.61 Å². The average molecular weight is 232 g/mol. The van der Waals surface area contributed by atoms with Gasteiger partial charge in [-0.2, -0.15) is 0 Å². The Morgan fingerprint density at radius 2 is 1.73 bits per heavy atom. The van der Waals surface area contributed by atoms with Gasteiger partial charge in [-0.15, -0.1) is 12.4 Å². The Hall–Kier alpha value is -0.770. The number of halogens is 1. The maximum atomic E-state index is 9.33. The Labute approximate surface area is 96.3 Å². The van der Waals surface area contributed by atoms with Gasteiger partial charge in [0.25, 0.3) is 0 Å². The highest BCUT2D eigenvalue weighted by Crippen LogP contribution is 2.21. The fraction of sp³-hybridized carbons (Fsp3) is 0.455. The average Bonchev–Trinajstić information content (AvgIpc) is 2.10. The van der Waals surface area contributed by atoms with Crippen LogP contribution in [0.3, 0.4) is 0 Å². The molecular formula is C11H18ClNO2. The quantitative estimate of drug-likeness (QED) is 0.735. The number of aliphatic hydroxyl groups excluding tert-OH is 1. The van der Waals surface area contributed by atoms with Crippen molar-refractivity contribution in [1.29, 1.82) is 0 Å². The molecule has 1 unspecified atom stereocenters. The van der Waals surface area contributed by atoms with E-state index >= 15 is 0 Å². The van der Waals surface area contributed by atoms with E-state index in [0.717, 1.165) is 16.7 Å². The number of phenolic OH excluding ortho intramolecular Hbond substituents is 1. The summed E-state index contributed by atoms with van der Waals surface area (Å²) in [5, 5.41) is 18.2. The lowest BCUT2D eigenvalue weighted by Crippen LogP contribution is -2.27. The molecule has 4 heteroatoms. The molecule has 0 radical (unpaired) electrons. The number of aryl methyl sites for hydroxylation is 2. The van der Waals surface area contributed by atoms with Gasteiger partial charge >= 0.3 is 0 Å². The molecule has 0 fully saturated rings. The van der Waals surface area contributed by atoms with E-state index in [1.54, 1.807) is 12.1 Å². The minimum Gasteiger partial charge on any atom is -0.508 e. The van der Waals surface area contributed by atoms with E-state index in [1.807, 2.05) is 13.8 Å². The number of aromatic hydroxyl groups is 1. The van der Waals surface area contributed by atoms with Crippen molar-refractivity contribution in [3.63, 3.8) is 0 Å². The summed E-state index contributed by atoms with van der Waals surface area (Å²) in [5.41, 5.74) is 8.82. The molecule has 1 rings (SSSR count). The summed E-state index contributed by atoms with van der Waals surface area (Å²) in [6, 6.07) is 3.20. The van der Waals surface area contributed by atoms with Gasteiger partial charge in [-0.25, -0.2) is 0 Å². The van der Waals surface area contributed by atoms with Crippen molar-refractivity contribution in [1.82, 2.24) is 0 Å². The highest BCUT2D eigenvalue weighted by molar-refractivity contribution is 5.85. The van der Waals surface area contributed by atoms with E-state index in [-0.39, 0.29) is 30.8 Å². The predicted molar refractivity (Wildman–Crippen MR) is 63.6 cm³/mol. The normalized spacial score (nSPS) is 12.0. The molecule has 0 aliphatic carbocycles. The van der Waals surface area contributed by atoms with E-state index < -0.39 is 0 Å². The number of phenols is 1. The van der Waals surface area contributed by atoms with E-state index in [4.69, 9.17) is 10.8 Å². The first-order valence-electron chi connectivity index (χ1n) is 4.70. The smallest absolute Gasteiger partial charge is 0.116 e. The van der Waals surface area contributed by atoms with Crippen molar-refractivity contribution in [3.05, 3.63) is 28.8 Å². The molecule has 86 valence electrons. The molecule has 0 saturated carbocycles. The highest BCUT2D eigenvalue weighted by atomic mass is 35.5. The van der Waals surface area contributed by atoms with E-state index in [0.29, 0.717) is 6.42 Å². The third kappa shape index (κ3) is 3.70. The Kier molecular flexibility index (Phi) is 5.65. The summed E-state index contributed by atoms with van der Waals surface area (Å²) in [6.07, 6.45) is 0.647. The van der Waals surface area contributed by atoms with E-state index in [1.165, 1.54) is 0 Å². The minimum absolute atomic E-state index is 0. The zero-order valence-electron chi connectivity index (χ0n) is 9.03. The van der Waals surface area contributed by atoms with Crippen molar-refractivity contribution in [3.8, 4) is 5.75 Å². The molecule has 4 N–H and O–H groups in total. The monoisotopic (exact) mass is 231 g/mol. The molecular weight excluding hydrogens is 214 g/mol. The Bertz CT molecular complexity index is 305. The van der Waals surface area contributed by atoms with Gasteiger partial charge < -0.3 is 15.9 Å². The third-order valence-corrected chi connectivity index (χ3v) is 2.38. The summed E-state index contributed by atoms with van der Waals surface area (Å²) < 4.78 is 0. The van der Waals surface area contributed by atoms with Crippen LogP contribution in [0, 0.1) is 13.8 Å². The van der Waals surface area contributed by atoms with Crippen molar-refractivity contribution in [2.75, 3.05) is 6.61 Å². The molecule has 0 aromatic heterocycles. The first-order chi connectivity index (χ1) is 6.54. The maximum absolute atomic E-state index is 9.33. The van der Waals surface area contributed by atoms with Crippen LogP contribution in [0.2, 0.25) is 0 Å². The van der Waals surface area contributed by atoms with E-state index in [2.05, 4.69) is 0 Å². The van der Waals surface area contributed by atoms with Gasteiger partial charge in [0.2, 0.25) is 0 Å². The molecule has 0 spiro atoms. The fourth-order valence-electron chi connectivity index (χ4n) is 1.62. The number of nitrogens with two attached hydrogens (primary N) is 1. The topological polar surface area (TPSA) is 66.5 Å². The summed E-state index contributed by atoms with van der Waals surface area (Å²) in [6.45, 7) is 3.86. The van der Waals surface area contributed by atoms with Gasteiger partial charge in [0.1, 0.15) is 5.75 Å². The highest BCUT2D eigenvalue weighted by Gasteiger charge is 2.08. The molecule has 0 saturated heterocycles. The molecule has 0 aliphatic heterocycles. The van der Waals surface area contributed by atoms with Crippen LogP contribution in [0.15, 0.2) is 12.1 Å². The van der Waals surface area contributed by atoms with Crippen LogP contribution in [0.1, 0.15) is 16.7 Å². The van der Waals surface area contributed by atoms with Crippen LogP contribution in [0.4, 0.5) is 0 Å². The second-order valence-corrected chi connectivity index (χ2v) is 3.70. The molecule has 0 bridgehead atoms. The lowest BCUT2D eigenvalue weighted by molar-refractivity contribution is 0.265. The van der Waals surface area contributed by atoms with Crippen LogP contribution < -0.4 is 5.73 Å². The maximum Gasteiger partial charge on any atom is 0.116 e. The largest absolute Gasteiger partial charge is 0.508 e. The number of hydrogen-bond donors (Lipinski definition) is 3. The van der Waals surface area contributed by atoms with Gasteiger partial charge in [0.15, 0.2) is 0 Å². The van der Waals surface area contributed by atoms with Crippen molar-refractivity contribution in [2.45, 2.75) is 26.3 Å². The number of benzene rings is 1. The van der Waals surface area contributed by atoms with Crippen LogP contribution in [-0.2, 0) is 6.42 Å². The zero-order chi connectivity index (χ0) is 10.7. The summed E-state index contributed by atoms with van der Waals surface area (Å²) >= 11 is 0. The van der Waals surface area contributed by atoms with Crippen LogP contribution in [0.25, 0.3) is 0 Å². The second kappa shape index (κ2) is 5.95. The summed E-state index contributed by atoms with van der Waals surface area (Å²) in [7, 11) is 0. The molecule has 0 amide bonds. The summed E-state index contributed by atoms with van der Waals surface area (Å²) in [4.78, 5) is 0.